The molecule has 1 aromatic heterocycles. The number of halogens is 2. The van der Waals surface area contributed by atoms with E-state index in [-0.39, 0.29) is 17.8 Å². The lowest BCUT2D eigenvalue weighted by molar-refractivity contribution is -0.113. The normalized spacial score (nSPS) is 15.7. The van der Waals surface area contributed by atoms with Crippen molar-refractivity contribution >= 4 is 46.6 Å². The summed E-state index contributed by atoms with van der Waals surface area (Å²) in [6.07, 6.45) is 2.13. The van der Waals surface area contributed by atoms with Crippen molar-refractivity contribution in [3.05, 3.63) is 52.5 Å². The zero-order valence-electron chi connectivity index (χ0n) is 17.4. The number of hydrogen-bond acceptors (Lipinski definition) is 6. The molecule has 2 aromatic carbocycles. The molecule has 1 N–H and O–H groups in total. The van der Waals surface area contributed by atoms with Crippen molar-refractivity contribution in [2.75, 3.05) is 24.8 Å². The van der Waals surface area contributed by atoms with Gasteiger partial charge in [0.1, 0.15) is 5.75 Å². The van der Waals surface area contributed by atoms with Gasteiger partial charge in [0.15, 0.2) is 11.0 Å². The minimum Gasteiger partial charge on any atom is -0.497 e. The van der Waals surface area contributed by atoms with E-state index in [0.29, 0.717) is 27.4 Å². The summed E-state index contributed by atoms with van der Waals surface area (Å²) in [7, 11) is 1.63. The molecule has 0 radical (unpaired) electrons. The second-order valence-corrected chi connectivity index (χ2v) is 9.00. The highest BCUT2D eigenvalue weighted by Gasteiger charge is 2.22. The van der Waals surface area contributed by atoms with E-state index in [0.717, 1.165) is 36.6 Å². The molecule has 4 rings (SSSR count). The first-order chi connectivity index (χ1) is 15.5. The van der Waals surface area contributed by atoms with Crippen LogP contribution in [0.3, 0.4) is 0 Å². The zero-order valence-corrected chi connectivity index (χ0v) is 19.7. The summed E-state index contributed by atoms with van der Waals surface area (Å²) in [6, 6.07) is 12.6. The average Bonchev–Trinajstić information content (AvgIpc) is 3.45. The number of carbonyl (C=O) groups excluding carboxylic acids is 1. The lowest BCUT2D eigenvalue weighted by Gasteiger charge is -2.15. The molecule has 0 spiro atoms. The van der Waals surface area contributed by atoms with E-state index in [2.05, 4.69) is 15.5 Å². The molecule has 0 aliphatic carbocycles. The minimum atomic E-state index is -0.175. The summed E-state index contributed by atoms with van der Waals surface area (Å²) in [5, 5.41) is 13.1. The predicted octanol–water partition coefficient (Wildman–Crippen LogP) is 5.17. The van der Waals surface area contributed by atoms with Gasteiger partial charge >= 0.3 is 0 Å². The summed E-state index contributed by atoms with van der Waals surface area (Å²) in [6.45, 7) is 1.39. The quantitative estimate of drug-likeness (QED) is 0.437. The third kappa shape index (κ3) is 5.56. The van der Waals surface area contributed by atoms with Crippen LogP contribution in [0.25, 0.3) is 11.4 Å². The third-order valence-corrected chi connectivity index (χ3v) is 6.72. The Morgan fingerprint density at radius 1 is 1.22 bits per heavy atom. The highest BCUT2D eigenvalue weighted by atomic mass is 35.5. The van der Waals surface area contributed by atoms with Crippen molar-refractivity contribution < 1.29 is 14.3 Å². The Morgan fingerprint density at radius 2 is 2.03 bits per heavy atom. The third-order valence-electron chi connectivity index (χ3n) is 5.01. The molecular formula is C22H22Cl2N4O3S. The lowest BCUT2D eigenvalue weighted by Crippen LogP contribution is -2.18. The maximum Gasteiger partial charge on any atom is 0.234 e. The Bertz CT molecular complexity index is 1090. The van der Waals surface area contributed by atoms with E-state index in [4.69, 9.17) is 32.7 Å². The van der Waals surface area contributed by atoms with Gasteiger partial charge in [-0.05, 0) is 55.3 Å². The van der Waals surface area contributed by atoms with Gasteiger partial charge in [0.25, 0.3) is 0 Å². The zero-order chi connectivity index (χ0) is 22.5. The Hall–Kier alpha value is -2.26. The van der Waals surface area contributed by atoms with Gasteiger partial charge in [0.2, 0.25) is 5.91 Å². The van der Waals surface area contributed by atoms with E-state index in [1.165, 1.54) is 11.8 Å². The Balaban J connectivity index is 1.49. The number of nitrogens with one attached hydrogen (secondary N) is 1. The summed E-state index contributed by atoms with van der Waals surface area (Å²) in [5.74, 6) is 1.50. The molecule has 1 aliphatic rings. The first-order valence-electron chi connectivity index (χ1n) is 10.1. The fraction of sp³-hybridized carbons (Fsp3) is 0.318. The second kappa shape index (κ2) is 10.6. The summed E-state index contributed by atoms with van der Waals surface area (Å²) < 4.78 is 13.1. The van der Waals surface area contributed by atoms with E-state index in [1.807, 2.05) is 28.8 Å². The van der Waals surface area contributed by atoms with Crippen molar-refractivity contribution in [2.24, 2.45) is 0 Å². The number of methoxy groups -OCH3 is 1. The van der Waals surface area contributed by atoms with Crippen LogP contribution in [-0.4, -0.2) is 46.2 Å². The number of thioether (sulfide) groups is 1. The molecular weight excluding hydrogens is 471 g/mol. The van der Waals surface area contributed by atoms with Crippen LogP contribution in [-0.2, 0) is 16.1 Å². The lowest BCUT2D eigenvalue weighted by atomic mass is 10.2. The molecule has 7 nitrogen and oxygen atoms in total. The summed E-state index contributed by atoms with van der Waals surface area (Å²) in [5.41, 5.74) is 1.51. The van der Waals surface area contributed by atoms with Crippen LogP contribution in [0.2, 0.25) is 10.0 Å². The van der Waals surface area contributed by atoms with Gasteiger partial charge in [-0.3, -0.25) is 9.36 Å². The molecule has 1 atom stereocenters. The molecule has 2 heterocycles. The molecule has 32 heavy (non-hydrogen) atoms. The number of ether oxygens (including phenoxy) is 2. The Kier molecular flexibility index (Phi) is 7.57. The van der Waals surface area contributed by atoms with Crippen LogP contribution in [0.15, 0.2) is 47.6 Å². The van der Waals surface area contributed by atoms with Crippen LogP contribution in [0.4, 0.5) is 5.69 Å². The van der Waals surface area contributed by atoms with E-state index < -0.39 is 0 Å². The van der Waals surface area contributed by atoms with E-state index in [1.54, 1.807) is 25.3 Å². The molecule has 10 heteroatoms. The van der Waals surface area contributed by atoms with Crippen molar-refractivity contribution in [2.45, 2.75) is 30.6 Å². The maximum atomic E-state index is 12.5. The van der Waals surface area contributed by atoms with Crippen molar-refractivity contribution in [1.82, 2.24) is 14.8 Å². The van der Waals surface area contributed by atoms with Gasteiger partial charge < -0.3 is 14.8 Å². The SMILES string of the molecule is COc1ccc(-c2nnc(SCC(=O)Nc3ccc(Cl)c(Cl)c3)n2C[C@H]2CCCO2)cc1. The van der Waals surface area contributed by atoms with Gasteiger partial charge in [-0.1, -0.05) is 35.0 Å². The molecule has 1 aliphatic heterocycles. The molecule has 1 amide bonds. The average molecular weight is 493 g/mol. The fourth-order valence-electron chi connectivity index (χ4n) is 3.41. The van der Waals surface area contributed by atoms with Crippen molar-refractivity contribution in [1.29, 1.82) is 0 Å². The molecule has 1 saturated heterocycles. The summed E-state index contributed by atoms with van der Waals surface area (Å²) >= 11 is 13.3. The monoisotopic (exact) mass is 492 g/mol. The highest BCUT2D eigenvalue weighted by molar-refractivity contribution is 7.99. The summed E-state index contributed by atoms with van der Waals surface area (Å²) in [4.78, 5) is 12.5. The number of anilines is 1. The number of aromatic nitrogens is 3. The van der Waals surface area contributed by atoms with Crippen LogP contribution in [0, 0.1) is 0 Å². The molecule has 168 valence electrons. The Labute approximate surface area is 200 Å². The van der Waals surface area contributed by atoms with Crippen molar-refractivity contribution in [3.63, 3.8) is 0 Å². The number of amides is 1. The largest absolute Gasteiger partial charge is 0.497 e. The molecule has 3 aromatic rings. The fourth-order valence-corrected chi connectivity index (χ4v) is 4.45. The van der Waals surface area contributed by atoms with Gasteiger partial charge in [-0.25, -0.2) is 0 Å². The molecule has 0 saturated carbocycles. The minimum absolute atomic E-state index is 0.104. The van der Waals surface area contributed by atoms with E-state index >= 15 is 0 Å². The number of benzene rings is 2. The number of nitrogens with zero attached hydrogens (tertiary/aromatic N) is 3. The number of carbonyl (C=O) groups is 1. The predicted molar refractivity (Wildman–Crippen MR) is 127 cm³/mol. The van der Waals surface area contributed by atoms with Crippen LogP contribution in [0.1, 0.15) is 12.8 Å². The molecule has 1 fully saturated rings. The van der Waals surface area contributed by atoms with Crippen molar-refractivity contribution in [3.8, 4) is 17.1 Å². The van der Waals surface area contributed by atoms with Crippen LogP contribution < -0.4 is 10.1 Å². The standard InChI is InChI=1S/C22H22Cl2N4O3S/c1-30-16-7-4-14(5-8-16)21-26-27-22(28(21)12-17-3-2-10-31-17)32-13-20(29)25-15-6-9-18(23)19(24)11-15/h4-9,11,17H,2-3,10,12-13H2,1H3,(H,25,29)/t17-/m1/s1. The second-order valence-electron chi connectivity index (χ2n) is 7.25. The first kappa shape index (κ1) is 22.9. The van der Waals surface area contributed by atoms with Gasteiger partial charge in [-0.15, -0.1) is 10.2 Å². The van der Waals surface area contributed by atoms with Crippen LogP contribution in [0.5, 0.6) is 5.75 Å². The maximum absolute atomic E-state index is 12.5. The smallest absolute Gasteiger partial charge is 0.234 e. The van der Waals surface area contributed by atoms with Crippen LogP contribution >= 0.6 is 35.0 Å². The van der Waals surface area contributed by atoms with Gasteiger partial charge in [0.05, 0.1) is 35.6 Å². The topological polar surface area (TPSA) is 78.3 Å². The highest BCUT2D eigenvalue weighted by Crippen LogP contribution is 2.28. The molecule has 0 unspecified atom stereocenters. The molecule has 0 bridgehead atoms. The Morgan fingerprint density at radius 3 is 2.72 bits per heavy atom. The van der Waals surface area contributed by atoms with Gasteiger partial charge in [0, 0.05) is 17.9 Å². The number of hydrogen-bond donors (Lipinski definition) is 1. The van der Waals surface area contributed by atoms with Gasteiger partial charge in [-0.2, -0.15) is 0 Å². The first-order valence-corrected chi connectivity index (χ1v) is 11.8. The number of rotatable bonds is 8. The van der Waals surface area contributed by atoms with E-state index in [9.17, 15) is 4.79 Å².